The minimum Gasteiger partial charge on any atom is -0.490 e. The lowest BCUT2D eigenvalue weighted by molar-refractivity contribution is -0.385. The predicted octanol–water partition coefficient (Wildman–Crippen LogP) is 3.74. The van der Waals surface area contributed by atoms with Gasteiger partial charge in [0.15, 0.2) is 12.4 Å². The summed E-state index contributed by atoms with van der Waals surface area (Å²) in [5.74, 6) is -1.31. The maximum Gasteiger partial charge on any atom is 0.338 e. The Morgan fingerprint density at radius 3 is 2.46 bits per heavy atom. The van der Waals surface area contributed by atoms with E-state index in [4.69, 9.17) is 9.47 Å². The van der Waals surface area contributed by atoms with E-state index in [1.165, 1.54) is 24.8 Å². The minimum absolute atomic E-state index is 0.0293. The predicted molar refractivity (Wildman–Crippen MR) is 104 cm³/mol. The SMILES string of the molecule is CCCCc1ccc(NC(=O)COC(=O)c2ccc(OC)c([N+](=O)[O-])c2)cc1. The highest BCUT2D eigenvalue weighted by atomic mass is 16.6. The van der Waals surface area contributed by atoms with Crippen LogP contribution in [-0.4, -0.2) is 30.5 Å². The van der Waals surface area contributed by atoms with Gasteiger partial charge in [-0.25, -0.2) is 4.79 Å². The standard InChI is InChI=1S/C20H22N2O6/c1-3-4-5-14-6-9-16(10-7-14)21-19(23)13-28-20(24)15-8-11-18(27-2)17(12-15)22(25)26/h6-12H,3-5,13H2,1-2H3,(H,21,23). The van der Waals surface area contributed by atoms with Gasteiger partial charge in [-0.1, -0.05) is 25.5 Å². The number of nitrogens with zero attached hydrogens (tertiary/aromatic N) is 1. The molecule has 0 unspecified atom stereocenters. The molecule has 0 spiro atoms. The molecule has 0 heterocycles. The van der Waals surface area contributed by atoms with Crippen LogP contribution in [0.4, 0.5) is 11.4 Å². The zero-order chi connectivity index (χ0) is 20.5. The fourth-order valence-electron chi connectivity index (χ4n) is 2.51. The summed E-state index contributed by atoms with van der Waals surface area (Å²) in [6.07, 6.45) is 3.20. The van der Waals surface area contributed by atoms with E-state index >= 15 is 0 Å². The number of methoxy groups -OCH3 is 1. The average molecular weight is 386 g/mol. The number of hydrogen-bond donors (Lipinski definition) is 1. The molecule has 8 heteroatoms. The first-order valence-electron chi connectivity index (χ1n) is 8.83. The van der Waals surface area contributed by atoms with Crippen LogP contribution < -0.4 is 10.1 Å². The summed E-state index contributed by atoms with van der Waals surface area (Å²) in [6, 6.07) is 11.1. The number of esters is 1. The second-order valence-corrected chi connectivity index (χ2v) is 6.07. The number of benzene rings is 2. The van der Waals surface area contributed by atoms with E-state index < -0.39 is 23.4 Å². The summed E-state index contributed by atoms with van der Waals surface area (Å²) < 4.78 is 9.81. The molecule has 8 nitrogen and oxygen atoms in total. The van der Waals surface area contributed by atoms with Crippen molar-refractivity contribution in [2.75, 3.05) is 19.0 Å². The van der Waals surface area contributed by atoms with Crippen LogP contribution in [0.2, 0.25) is 0 Å². The summed E-state index contributed by atoms with van der Waals surface area (Å²) in [7, 11) is 1.29. The van der Waals surface area contributed by atoms with Gasteiger partial charge in [0.1, 0.15) is 0 Å². The molecule has 148 valence electrons. The Hall–Kier alpha value is -3.42. The summed E-state index contributed by atoms with van der Waals surface area (Å²) in [5, 5.41) is 13.7. The monoisotopic (exact) mass is 386 g/mol. The average Bonchev–Trinajstić information content (AvgIpc) is 2.70. The molecule has 28 heavy (non-hydrogen) atoms. The van der Waals surface area contributed by atoms with Crippen LogP contribution in [0, 0.1) is 10.1 Å². The third-order valence-electron chi connectivity index (χ3n) is 4.00. The summed E-state index contributed by atoms with van der Waals surface area (Å²) in [4.78, 5) is 34.4. The maximum atomic E-state index is 12.1. The smallest absolute Gasteiger partial charge is 0.338 e. The van der Waals surface area contributed by atoms with Gasteiger partial charge >= 0.3 is 11.7 Å². The Morgan fingerprint density at radius 1 is 1.14 bits per heavy atom. The van der Waals surface area contributed by atoms with Gasteiger partial charge in [-0.15, -0.1) is 0 Å². The molecule has 2 rings (SSSR count). The fourth-order valence-corrected chi connectivity index (χ4v) is 2.51. The van der Waals surface area contributed by atoms with Crippen LogP contribution in [0.1, 0.15) is 35.7 Å². The molecule has 0 fully saturated rings. The van der Waals surface area contributed by atoms with Crippen molar-refractivity contribution >= 4 is 23.3 Å². The largest absolute Gasteiger partial charge is 0.490 e. The fraction of sp³-hybridized carbons (Fsp3) is 0.300. The number of carbonyl (C=O) groups is 2. The normalized spacial score (nSPS) is 10.2. The second-order valence-electron chi connectivity index (χ2n) is 6.07. The molecule has 0 saturated heterocycles. The van der Waals surface area contributed by atoms with Gasteiger partial charge in [0.25, 0.3) is 5.91 Å². The van der Waals surface area contributed by atoms with Gasteiger partial charge in [-0.2, -0.15) is 0 Å². The highest BCUT2D eigenvalue weighted by molar-refractivity contribution is 5.95. The van der Waals surface area contributed by atoms with Gasteiger partial charge in [-0.3, -0.25) is 14.9 Å². The van der Waals surface area contributed by atoms with Crippen LogP contribution in [0.3, 0.4) is 0 Å². The number of ether oxygens (including phenoxy) is 2. The number of nitro benzene ring substituents is 1. The van der Waals surface area contributed by atoms with Crippen molar-refractivity contribution in [1.82, 2.24) is 0 Å². The van der Waals surface area contributed by atoms with E-state index in [2.05, 4.69) is 12.2 Å². The quantitative estimate of drug-likeness (QED) is 0.400. The molecular formula is C20H22N2O6. The van der Waals surface area contributed by atoms with E-state index in [0.29, 0.717) is 5.69 Å². The van der Waals surface area contributed by atoms with Gasteiger partial charge in [0, 0.05) is 11.8 Å². The molecule has 2 aromatic rings. The lowest BCUT2D eigenvalue weighted by Crippen LogP contribution is -2.21. The second kappa shape index (κ2) is 10.1. The molecule has 0 aliphatic carbocycles. The number of rotatable bonds is 9. The van der Waals surface area contributed by atoms with Crippen LogP contribution in [-0.2, 0) is 16.0 Å². The maximum absolute atomic E-state index is 12.1. The van der Waals surface area contributed by atoms with Crippen LogP contribution >= 0.6 is 0 Å². The van der Waals surface area contributed by atoms with Crippen LogP contribution in [0.25, 0.3) is 0 Å². The van der Waals surface area contributed by atoms with Crippen molar-refractivity contribution in [2.24, 2.45) is 0 Å². The molecule has 2 aromatic carbocycles. The van der Waals surface area contributed by atoms with E-state index in [1.54, 1.807) is 12.1 Å². The molecular weight excluding hydrogens is 364 g/mol. The number of nitro groups is 1. The Balaban J connectivity index is 1.91. The zero-order valence-electron chi connectivity index (χ0n) is 15.8. The van der Waals surface area contributed by atoms with Crippen molar-refractivity contribution in [2.45, 2.75) is 26.2 Å². The molecule has 0 radical (unpaired) electrons. The number of nitrogens with one attached hydrogen (secondary N) is 1. The van der Waals surface area contributed by atoms with E-state index in [-0.39, 0.29) is 17.0 Å². The third kappa shape index (κ3) is 5.80. The van der Waals surface area contributed by atoms with Crippen molar-refractivity contribution in [3.63, 3.8) is 0 Å². The number of unbranched alkanes of at least 4 members (excludes halogenated alkanes) is 1. The van der Waals surface area contributed by atoms with Crippen LogP contribution in [0.5, 0.6) is 5.75 Å². The number of anilines is 1. The summed E-state index contributed by atoms with van der Waals surface area (Å²) in [5.41, 5.74) is 1.39. The van der Waals surface area contributed by atoms with E-state index in [9.17, 15) is 19.7 Å². The summed E-state index contributed by atoms with van der Waals surface area (Å²) in [6.45, 7) is 1.62. The molecule has 0 aliphatic heterocycles. The first kappa shape index (κ1) is 20.9. The minimum atomic E-state index is -0.837. The topological polar surface area (TPSA) is 108 Å². The van der Waals surface area contributed by atoms with Gasteiger partial charge in [0.2, 0.25) is 0 Å². The first-order chi connectivity index (χ1) is 13.4. The third-order valence-corrected chi connectivity index (χ3v) is 4.00. The molecule has 0 aliphatic rings. The lowest BCUT2D eigenvalue weighted by Gasteiger charge is -2.08. The van der Waals surface area contributed by atoms with Crippen molar-refractivity contribution in [3.05, 3.63) is 63.7 Å². The highest BCUT2D eigenvalue weighted by Gasteiger charge is 2.19. The Kier molecular flexibility index (Phi) is 7.50. The van der Waals surface area contributed by atoms with Crippen molar-refractivity contribution < 1.29 is 24.0 Å². The molecule has 1 amide bonds. The Bertz CT molecular complexity index is 848. The van der Waals surface area contributed by atoms with Gasteiger partial charge in [-0.05, 0) is 42.7 Å². The zero-order valence-corrected chi connectivity index (χ0v) is 15.8. The first-order valence-corrected chi connectivity index (χ1v) is 8.83. The van der Waals surface area contributed by atoms with Crippen molar-refractivity contribution in [1.29, 1.82) is 0 Å². The van der Waals surface area contributed by atoms with E-state index in [0.717, 1.165) is 25.3 Å². The number of carbonyl (C=O) groups excluding carboxylic acids is 2. The number of amides is 1. The number of hydrogen-bond acceptors (Lipinski definition) is 6. The Labute approximate surface area is 162 Å². The molecule has 0 atom stereocenters. The highest BCUT2D eigenvalue weighted by Crippen LogP contribution is 2.27. The lowest BCUT2D eigenvalue weighted by atomic mass is 10.1. The molecule has 1 N–H and O–H groups in total. The molecule has 0 saturated carbocycles. The van der Waals surface area contributed by atoms with Crippen LogP contribution in [0.15, 0.2) is 42.5 Å². The summed E-state index contributed by atoms with van der Waals surface area (Å²) >= 11 is 0. The van der Waals surface area contributed by atoms with E-state index in [1.807, 2.05) is 12.1 Å². The number of aryl methyl sites for hydroxylation is 1. The van der Waals surface area contributed by atoms with Gasteiger partial charge in [0.05, 0.1) is 17.6 Å². The Morgan fingerprint density at radius 2 is 1.86 bits per heavy atom. The van der Waals surface area contributed by atoms with Crippen molar-refractivity contribution in [3.8, 4) is 5.75 Å². The van der Waals surface area contributed by atoms with Gasteiger partial charge < -0.3 is 14.8 Å². The molecule has 0 bridgehead atoms. The molecule has 0 aromatic heterocycles.